The van der Waals surface area contributed by atoms with Gasteiger partial charge in [0.2, 0.25) is 0 Å². The molecule has 124 valence electrons. The second kappa shape index (κ2) is 7.94. The van der Waals surface area contributed by atoms with Crippen molar-refractivity contribution in [3.63, 3.8) is 0 Å². The van der Waals surface area contributed by atoms with Crippen molar-refractivity contribution in [1.82, 2.24) is 10.2 Å². The van der Waals surface area contributed by atoms with Crippen LogP contribution in [0.2, 0.25) is 0 Å². The van der Waals surface area contributed by atoms with Crippen molar-refractivity contribution in [3.05, 3.63) is 0 Å². The van der Waals surface area contributed by atoms with Crippen molar-refractivity contribution in [2.75, 3.05) is 39.4 Å². The highest BCUT2D eigenvalue weighted by Crippen LogP contribution is 2.34. The van der Waals surface area contributed by atoms with Gasteiger partial charge in [-0.3, -0.25) is 0 Å². The fraction of sp³-hybridized carbons (Fsp3) is 1.00. The van der Waals surface area contributed by atoms with E-state index < -0.39 is 0 Å². The van der Waals surface area contributed by atoms with Crippen molar-refractivity contribution in [1.29, 1.82) is 0 Å². The van der Waals surface area contributed by atoms with Crippen LogP contribution in [0.4, 0.5) is 0 Å². The maximum atomic E-state index is 5.64. The van der Waals surface area contributed by atoms with Gasteiger partial charge >= 0.3 is 0 Å². The third kappa shape index (κ3) is 5.22. The third-order valence-corrected chi connectivity index (χ3v) is 5.42. The van der Waals surface area contributed by atoms with Crippen LogP contribution in [0.1, 0.15) is 53.4 Å². The first kappa shape index (κ1) is 17.2. The van der Waals surface area contributed by atoms with Gasteiger partial charge in [0.05, 0.1) is 0 Å². The van der Waals surface area contributed by atoms with Gasteiger partial charge in [0.1, 0.15) is 0 Å². The molecule has 3 heteroatoms. The molecule has 0 spiro atoms. The standard InChI is InChI=1S/C18H36N2O/c1-15(2)12-19-13-18(6-9-21-10-7-18)14-20-8-5-16(3)11-17(20)4/h15-17,19H,5-14H2,1-4H3. The molecule has 2 unspecified atom stereocenters. The summed E-state index contributed by atoms with van der Waals surface area (Å²) >= 11 is 0. The number of nitrogens with one attached hydrogen (secondary N) is 1. The summed E-state index contributed by atoms with van der Waals surface area (Å²) in [7, 11) is 0. The van der Waals surface area contributed by atoms with Crippen molar-refractivity contribution in [2.24, 2.45) is 17.3 Å². The minimum Gasteiger partial charge on any atom is -0.381 e. The Hall–Kier alpha value is -0.120. The van der Waals surface area contributed by atoms with Crippen LogP contribution in [0, 0.1) is 17.3 Å². The molecule has 1 N–H and O–H groups in total. The molecular formula is C18H36N2O. The lowest BCUT2D eigenvalue weighted by atomic mass is 9.78. The average Bonchev–Trinajstić information content (AvgIpc) is 2.43. The number of rotatable bonds is 6. The van der Waals surface area contributed by atoms with Crippen molar-refractivity contribution in [2.45, 2.75) is 59.4 Å². The van der Waals surface area contributed by atoms with E-state index in [0.717, 1.165) is 44.2 Å². The highest BCUT2D eigenvalue weighted by molar-refractivity contribution is 4.90. The van der Waals surface area contributed by atoms with E-state index in [9.17, 15) is 0 Å². The molecular weight excluding hydrogens is 260 g/mol. The molecule has 0 bridgehead atoms. The first-order chi connectivity index (χ1) is 10.0. The Morgan fingerprint density at radius 2 is 1.95 bits per heavy atom. The molecule has 0 aromatic rings. The SMILES string of the molecule is CC(C)CNCC1(CN2CCC(C)CC2C)CCOCC1. The maximum absolute atomic E-state index is 5.64. The van der Waals surface area contributed by atoms with Crippen LogP contribution in [0.5, 0.6) is 0 Å². The zero-order valence-electron chi connectivity index (χ0n) is 14.7. The van der Waals surface area contributed by atoms with E-state index in [2.05, 4.69) is 37.9 Å². The van der Waals surface area contributed by atoms with Gasteiger partial charge in [0.25, 0.3) is 0 Å². The van der Waals surface area contributed by atoms with Gasteiger partial charge in [-0.15, -0.1) is 0 Å². The number of ether oxygens (including phenoxy) is 1. The molecule has 2 fully saturated rings. The van der Waals surface area contributed by atoms with Gasteiger partial charge in [0, 0.05) is 32.3 Å². The summed E-state index contributed by atoms with van der Waals surface area (Å²) in [6, 6.07) is 0.749. The van der Waals surface area contributed by atoms with Gasteiger partial charge in [-0.25, -0.2) is 0 Å². The molecule has 0 aromatic heterocycles. The third-order valence-electron chi connectivity index (χ3n) is 5.42. The van der Waals surface area contributed by atoms with E-state index in [1.54, 1.807) is 0 Å². The summed E-state index contributed by atoms with van der Waals surface area (Å²) in [5.74, 6) is 1.64. The molecule has 3 nitrogen and oxygen atoms in total. The molecule has 2 aliphatic heterocycles. The molecule has 0 aromatic carbocycles. The van der Waals surface area contributed by atoms with E-state index in [-0.39, 0.29) is 0 Å². The summed E-state index contributed by atoms with van der Waals surface area (Å²) in [4.78, 5) is 2.75. The molecule has 0 radical (unpaired) electrons. The van der Waals surface area contributed by atoms with Crippen molar-refractivity contribution >= 4 is 0 Å². The molecule has 2 aliphatic rings. The molecule has 0 aliphatic carbocycles. The van der Waals surface area contributed by atoms with Gasteiger partial charge in [-0.1, -0.05) is 20.8 Å². The van der Waals surface area contributed by atoms with Crippen LogP contribution in [0.25, 0.3) is 0 Å². The van der Waals surface area contributed by atoms with Crippen LogP contribution in [-0.2, 0) is 4.74 Å². The van der Waals surface area contributed by atoms with Gasteiger partial charge in [0.15, 0.2) is 0 Å². The predicted octanol–water partition coefficient (Wildman–Crippen LogP) is 3.15. The second-order valence-corrected chi connectivity index (χ2v) is 8.09. The van der Waals surface area contributed by atoms with Crippen LogP contribution >= 0.6 is 0 Å². The summed E-state index contributed by atoms with van der Waals surface area (Å²) in [6.07, 6.45) is 5.18. The van der Waals surface area contributed by atoms with Crippen molar-refractivity contribution in [3.8, 4) is 0 Å². The van der Waals surface area contributed by atoms with Crippen LogP contribution in [0.15, 0.2) is 0 Å². The minimum atomic E-state index is 0.433. The fourth-order valence-corrected chi connectivity index (χ4v) is 3.94. The molecule has 2 rings (SSSR count). The summed E-state index contributed by atoms with van der Waals surface area (Å²) in [5, 5.41) is 3.73. The quantitative estimate of drug-likeness (QED) is 0.815. The molecule has 2 heterocycles. The lowest BCUT2D eigenvalue weighted by Gasteiger charge is -2.45. The first-order valence-electron chi connectivity index (χ1n) is 9.03. The summed E-state index contributed by atoms with van der Waals surface area (Å²) in [6.45, 7) is 16.1. The Bertz CT molecular complexity index is 300. The Kier molecular flexibility index (Phi) is 6.51. The highest BCUT2D eigenvalue weighted by atomic mass is 16.5. The van der Waals surface area contributed by atoms with Gasteiger partial charge in [-0.2, -0.15) is 0 Å². The van der Waals surface area contributed by atoms with E-state index in [0.29, 0.717) is 5.41 Å². The number of hydrogen-bond donors (Lipinski definition) is 1. The topological polar surface area (TPSA) is 24.5 Å². The van der Waals surface area contributed by atoms with E-state index in [1.165, 1.54) is 38.8 Å². The minimum absolute atomic E-state index is 0.433. The molecule has 0 saturated carbocycles. The van der Waals surface area contributed by atoms with Gasteiger partial charge < -0.3 is 15.0 Å². The van der Waals surface area contributed by atoms with Gasteiger partial charge in [-0.05, 0) is 62.9 Å². The average molecular weight is 296 g/mol. The number of likely N-dealkylation sites (tertiary alicyclic amines) is 1. The molecule has 21 heavy (non-hydrogen) atoms. The Morgan fingerprint density at radius 3 is 2.57 bits per heavy atom. The maximum Gasteiger partial charge on any atom is 0.0472 e. The second-order valence-electron chi connectivity index (χ2n) is 8.09. The smallest absolute Gasteiger partial charge is 0.0472 e. The summed E-state index contributed by atoms with van der Waals surface area (Å²) < 4.78 is 5.64. The largest absolute Gasteiger partial charge is 0.381 e. The van der Waals surface area contributed by atoms with E-state index in [1.807, 2.05) is 0 Å². The lowest BCUT2D eigenvalue weighted by Crippen LogP contribution is -2.51. The monoisotopic (exact) mass is 296 g/mol. The molecule has 2 atom stereocenters. The van der Waals surface area contributed by atoms with Crippen LogP contribution < -0.4 is 5.32 Å². The Balaban J connectivity index is 1.92. The zero-order valence-corrected chi connectivity index (χ0v) is 14.7. The number of nitrogens with zero attached hydrogens (tertiary/aromatic N) is 1. The lowest BCUT2D eigenvalue weighted by molar-refractivity contribution is -0.0191. The Morgan fingerprint density at radius 1 is 1.24 bits per heavy atom. The van der Waals surface area contributed by atoms with Crippen molar-refractivity contribution < 1.29 is 4.74 Å². The Labute approximate surface area is 131 Å². The van der Waals surface area contributed by atoms with E-state index >= 15 is 0 Å². The van der Waals surface area contributed by atoms with Crippen LogP contribution in [0.3, 0.4) is 0 Å². The normalized spacial score (nSPS) is 30.7. The summed E-state index contributed by atoms with van der Waals surface area (Å²) in [5.41, 5.74) is 0.433. The highest BCUT2D eigenvalue weighted by Gasteiger charge is 2.36. The fourth-order valence-electron chi connectivity index (χ4n) is 3.94. The number of piperidine rings is 1. The first-order valence-corrected chi connectivity index (χ1v) is 9.03. The van der Waals surface area contributed by atoms with Crippen LogP contribution in [-0.4, -0.2) is 50.3 Å². The van der Waals surface area contributed by atoms with E-state index in [4.69, 9.17) is 4.74 Å². The zero-order chi connectivity index (χ0) is 15.3. The molecule has 0 amide bonds. The predicted molar refractivity (Wildman–Crippen MR) is 89.6 cm³/mol. The number of hydrogen-bond acceptors (Lipinski definition) is 3. The molecule has 2 saturated heterocycles.